The second-order valence-electron chi connectivity index (χ2n) is 9.15. The molecule has 186 valence electrons. The average molecular weight is 491 g/mol. The van der Waals surface area contributed by atoms with Crippen molar-refractivity contribution in [1.29, 1.82) is 0 Å². The van der Waals surface area contributed by atoms with Crippen LogP contribution < -0.4 is 30.0 Å². The van der Waals surface area contributed by atoms with Crippen molar-refractivity contribution >= 4 is 17.3 Å². The Hall–Kier alpha value is -4.27. The van der Waals surface area contributed by atoms with Crippen LogP contribution in [0, 0.1) is 11.8 Å². The summed E-state index contributed by atoms with van der Waals surface area (Å²) >= 11 is 0. The first-order valence-corrected chi connectivity index (χ1v) is 11.7. The number of nitrogens with one attached hydrogen (secondary N) is 1. The Labute approximate surface area is 207 Å². The van der Waals surface area contributed by atoms with E-state index in [0.717, 1.165) is 22.4 Å². The molecule has 0 aromatic heterocycles. The molecule has 36 heavy (non-hydrogen) atoms. The fraction of sp³-hybridized carbons (Fsp3) is 0.296. The van der Waals surface area contributed by atoms with Crippen LogP contribution in [-0.4, -0.2) is 38.7 Å². The van der Waals surface area contributed by atoms with Crippen LogP contribution >= 0.6 is 0 Å². The minimum Gasteiger partial charge on any atom is -0.502 e. The second-order valence-corrected chi connectivity index (χ2v) is 9.15. The molecular formula is C27H26N2O7. The van der Waals surface area contributed by atoms with E-state index in [1.807, 2.05) is 36.4 Å². The third-order valence-corrected chi connectivity index (χ3v) is 7.28. The average Bonchev–Trinajstić information content (AvgIpc) is 3.51. The number of carbonyl (C=O) groups excluding carboxylic acids is 1. The molecule has 3 aromatic rings. The van der Waals surface area contributed by atoms with Crippen LogP contribution in [0.4, 0.5) is 11.4 Å². The van der Waals surface area contributed by atoms with Gasteiger partial charge in [-0.3, -0.25) is 4.79 Å². The summed E-state index contributed by atoms with van der Waals surface area (Å²) in [6, 6.07) is 14.7. The molecule has 3 aromatic carbocycles. The number of esters is 1. The van der Waals surface area contributed by atoms with Crippen molar-refractivity contribution < 1.29 is 33.6 Å². The molecule has 6 rings (SSSR count). The highest BCUT2D eigenvalue weighted by atomic mass is 16.7. The van der Waals surface area contributed by atoms with Gasteiger partial charge < -0.3 is 39.8 Å². The standard InChI is InChI=1S/C27H26N2O7/c1-32-21-7-13(8-22(33-2)26(21)30)23-16-9-19-20(36-12-35-19)10-17(16)25(18-11-34-27(31)24(18)23)29-15-5-3-14(28)4-6-15/h3-10,18,23-25,29-30H,11-12,28H2,1-2H3/t18-,23+,24-,25-/m0/s1. The summed E-state index contributed by atoms with van der Waals surface area (Å²) in [4.78, 5) is 13.2. The lowest BCUT2D eigenvalue weighted by molar-refractivity contribution is -0.141. The maximum atomic E-state index is 13.2. The summed E-state index contributed by atoms with van der Waals surface area (Å²) in [6.45, 7) is 0.404. The van der Waals surface area contributed by atoms with Crippen molar-refractivity contribution in [3.63, 3.8) is 0 Å². The Morgan fingerprint density at radius 2 is 1.58 bits per heavy atom. The SMILES string of the molecule is COc1cc([C@@H]2c3cc4c(cc3[C@H](Nc3ccc(N)cc3)[C@H]3COC(=O)[C@H]23)OCO4)cc(OC)c1O. The summed E-state index contributed by atoms with van der Waals surface area (Å²) in [7, 11) is 2.95. The molecule has 4 atom stereocenters. The number of methoxy groups -OCH3 is 2. The fourth-order valence-corrected chi connectivity index (χ4v) is 5.60. The number of carbonyl (C=O) groups is 1. The Morgan fingerprint density at radius 3 is 2.22 bits per heavy atom. The van der Waals surface area contributed by atoms with Crippen molar-refractivity contribution in [2.75, 3.05) is 38.7 Å². The Morgan fingerprint density at radius 1 is 0.944 bits per heavy atom. The highest BCUT2D eigenvalue weighted by molar-refractivity contribution is 5.79. The van der Waals surface area contributed by atoms with E-state index in [4.69, 9.17) is 29.4 Å². The number of rotatable bonds is 5. The number of aromatic hydroxyl groups is 1. The van der Waals surface area contributed by atoms with Crippen LogP contribution in [0.3, 0.4) is 0 Å². The number of hydrogen-bond donors (Lipinski definition) is 3. The van der Waals surface area contributed by atoms with Crippen molar-refractivity contribution in [2.45, 2.75) is 12.0 Å². The lowest BCUT2D eigenvalue weighted by Gasteiger charge is -2.40. The molecule has 1 fully saturated rings. The van der Waals surface area contributed by atoms with Crippen LogP contribution in [0.15, 0.2) is 48.5 Å². The predicted molar refractivity (Wildman–Crippen MR) is 131 cm³/mol. The quantitative estimate of drug-likeness (QED) is 0.362. The van der Waals surface area contributed by atoms with Crippen molar-refractivity contribution in [2.24, 2.45) is 11.8 Å². The molecule has 0 saturated carbocycles. The number of phenolic OH excluding ortho intramolecular Hbond substituents is 1. The lowest BCUT2D eigenvalue weighted by Crippen LogP contribution is -2.37. The number of nitrogen functional groups attached to an aromatic ring is 1. The molecule has 2 aliphatic heterocycles. The second kappa shape index (κ2) is 8.44. The van der Waals surface area contributed by atoms with Crippen molar-refractivity contribution in [1.82, 2.24) is 0 Å². The van der Waals surface area contributed by atoms with Crippen LogP contribution in [0.5, 0.6) is 28.7 Å². The van der Waals surface area contributed by atoms with E-state index in [0.29, 0.717) is 17.2 Å². The van der Waals surface area contributed by atoms with Gasteiger partial charge in [-0.2, -0.15) is 0 Å². The highest BCUT2D eigenvalue weighted by Gasteiger charge is 2.52. The minimum absolute atomic E-state index is 0.0982. The number of phenols is 1. The number of ether oxygens (including phenoxy) is 5. The van der Waals surface area contributed by atoms with Gasteiger partial charge in [0.05, 0.1) is 32.8 Å². The molecule has 4 N–H and O–H groups in total. The van der Waals surface area contributed by atoms with Crippen LogP contribution in [-0.2, 0) is 9.53 Å². The maximum Gasteiger partial charge on any atom is 0.310 e. The molecule has 0 unspecified atom stereocenters. The van der Waals surface area contributed by atoms with E-state index in [9.17, 15) is 9.90 Å². The zero-order valence-corrected chi connectivity index (χ0v) is 19.8. The van der Waals surface area contributed by atoms with E-state index < -0.39 is 5.92 Å². The molecule has 9 heteroatoms. The van der Waals surface area contributed by atoms with Gasteiger partial charge in [0.25, 0.3) is 0 Å². The first-order valence-electron chi connectivity index (χ1n) is 11.7. The summed E-state index contributed by atoms with van der Waals surface area (Å²) < 4.78 is 27.9. The Balaban J connectivity index is 1.55. The summed E-state index contributed by atoms with van der Waals surface area (Å²) in [5, 5.41) is 14.1. The van der Waals surface area contributed by atoms with Crippen LogP contribution in [0.2, 0.25) is 0 Å². The van der Waals surface area contributed by atoms with Gasteiger partial charge in [-0.25, -0.2) is 0 Å². The lowest BCUT2D eigenvalue weighted by atomic mass is 9.65. The largest absolute Gasteiger partial charge is 0.502 e. The van der Waals surface area contributed by atoms with Crippen molar-refractivity contribution in [3.05, 3.63) is 65.2 Å². The van der Waals surface area contributed by atoms with Gasteiger partial charge in [0, 0.05) is 23.2 Å². The molecular weight excluding hydrogens is 464 g/mol. The van der Waals surface area contributed by atoms with Gasteiger partial charge in [0.15, 0.2) is 23.0 Å². The minimum atomic E-state index is -0.483. The van der Waals surface area contributed by atoms with Gasteiger partial charge in [-0.05, 0) is 65.2 Å². The van der Waals surface area contributed by atoms with Crippen molar-refractivity contribution in [3.8, 4) is 28.7 Å². The maximum absolute atomic E-state index is 13.2. The van der Waals surface area contributed by atoms with E-state index in [1.54, 1.807) is 12.1 Å². The highest BCUT2D eigenvalue weighted by Crippen LogP contribution is 2.56. The first kappa shape index (κ1) is 22.2. The number of nitrogens with two attached hydrogens (primary N) is 1. The molecule has 9 nitrogen and oxygen atoms in total. The van der Waals surface area contributed by atoms with Gasteiger partial charge in [0.2, 0.25) is 12.5 Å². The monoisotopic (exact) mass is 490 g/mol. The zero-order chi connectivity index (χ0) is 25.0. The smallest absolute Gasteiger partial charge is 0.310 e. The van der Waals surface area contributed by atoms with Crippen LogP contribution in [0.1, 0.15) is 28.7 Å². The molecule has 0 spiro atoms. The van der Waals surface area contributed by atoms with E-state index in [-0.39, 0.29) is 54.5 Å². The molecule has 0 bridgehead atoms. The molecule has 2 heterocycles. The summed E-state index contributed by atoms with van der Waals surface area (Å²) in [6.07, 6.45) is 0. The van der Waals surface area contributed by atoms with Gasteiger partial charge >= 0.3 is 5.97 Å². The molecule has 0 amide bonds. The van der Waals surface area contributed by atoms with E-state index in [2.05, 4.69) is 5.32 Å². The van der Waals surface area contributed by atoms with Crippen LogP contribution in [0.25, 0.3) is 0 Å². The van der Waals surface area contributed by atoms with Gasteiger partial charge in [-0.1, -0.05) is 0 Å². The topological polar surface area (TPSA) is 122 Å². The Kier molecular flexibility index (Phi) is 5.21. The molecule has 0 radical (unpaired) electrons. The number of anilines is 2. The normalized spacial score (nSPS) is 23.4. The number of hydrogen-bond acceptors (Lipinski definition) is 9. The predicted octanol–water partition coefficient (Wildman–Crippen LogP) is 3.81. The number of fused-ring (bicyclic) bond motifs is 3. The molecule has 1 saturated heterocycles. The van der Waals surface area contributed by atoms with Gasteiger partial charge in [-0.15, -0.1) is 0 Å². The number of cyclic esters (lactones) is 1. The van der Waals surface area contributed by atoms with E-state index in [1.165, 1.54) is 14.2 Å². The summed E-state index contributed by atoms with van der Waals surface area (Å²) in [5.41, 5.74) is 10.1. The molecule has 3 aliphatic rings. The number of benzene rings is 3. The fourth-order valence-electron chi connectivity index (χ4n) is 5.60. The third-order valence-electron chi connectivity index (χ3n) is 7.28. The van der Waals surface area contributed by atoms with E-state index >= 15 is 0 Å². The molecule has 1 aliphatic carbocycles. The first-order chi connectivity index (χ1) is 17.5. The summed E-state index contributed by atoms with van der Waals surface area (Å²) in [5.74, 6) is 0.383. The van der Waals surface area contributed by atoms with Gasteiger partial charge in [0.1, 0.15) is 0 Å². The Bertz CT molecular complexity index is 1320. The zero-order valence-electron chi connectivity index (χ0n) is 19.8. The third kappa shape index (κ3) is 3.42.